The largest absolute Gasteiger partial charge is 0.457 e. The van der Waals surface area contributed by atoms with Crippen molar-refractivity contribution in [1.82, 2.24) is 9.78 Å². The number of fused-ring (bicyclic) bond motifs is 1. The number of nitrogens with one attached hydrogen (secondary N) is 2. The van der Waals surface area contributed by atoms with Crippen molar-refractivity contribution in [2.75, 3.05) is 10.6 Å². The fourth-order valence-electron chi connectivity index (χ4n) is 4.25. The number of carbonyl (C=O) groups is 1. The first-order valence-electron chi connectivity index (χ1n) is 11.7. The molecule has 0 unspecified atom stereocenters. The summed E-state index contributed by atoms with van der Waals surface area (Å²) in [4.78, 5) is 23.9. The maximum atomic E-state index is 14.0. The maximum Gasteiger partial charge on any atom is 0.410 e. The minimum atomic E-state index is -4.62. The molecule has 9 nitrogen and oxygen atoms in total. The number of hydrogen-bond donors (Lipinski definition) is 2. The van der Waals surface area contributed by atoms with Crippen LogP contribution in [0.4, 0.5) is 30.4 Å². The molecule has 2 atom stereocenters. The van der Waals surface area contributed by atoms with Gasteiger partial charge in [0.15, 0.2) is 11.7 Å². The summed E-state index contributed by atoms with van der Waals surface area (Å²) in [6.07, 6.45) is -4.95. The van der Waals surface area contributed by atoms with Crippen molar-refractivity contribution in [2.24, 2.45) is 0 Å². The van der Waals surface area contributed by atoms with E-state index < -0.39 is 29.1 Å². The molecule has 5 rings (SSSR count). The second-order valence-corrected chi connectivity index (χ2v) is 10.7. The van der Waals surface area contributed by atoms with E-state index in [0.717, 1.165) is 19.7 Å². The van der Waals surface area contributed by atoms with Gasteiger partial charge in [0.25, 0.3) is 11.6 Å². The molecule has 1 aliphatic heterocycles. The summed E-state index contributed by atoms with van der Waals surface area (Å²) in [5, 5.41) is 20.9. The number of hydrogen-bond acceptors (Lipinski definition) is 6. The first-order chi connectivity index (χ1) is 19.0. The normalized spacial score (nSPS) is 16.5. The second-order valence-electron chi connectivity index (χ2n) is 8.88. The van der Waals surface area contributed by atoms with E-state index in [-0.39, 0.29) is 35.1 Å². The average Bonchev–Trinajstić information content (AvgIpc) is 3.33. The van der Waals surface area contributed by atoms with Gasteiger partial charge in [-0.2, -0.15) is 18.3 Å². The van der Waals surface area contributed by atoms with Gasteiger partial charge in [-0.25, -0.2) is 4.68 Å². The number of nitrogens with zero attached hydrogens (tertiary/aromatic N) is 3. The number of benzene rings is 3. The molecule has 0 aliphatic carbocycles. The van der Waals surface area contributed by atoms with Crippen LogP contribution < -0.4 is 15.4 Å². The lowest BCUT2D eigenvalue weighted by atomic mass is 9.97. The van der Waals surface area contributed by atoms with E-state index in [1.54, 1.807) is 48.5 Å². The molecule has 2 heterocycles. The molecule has 4 aromatic rings. The van der Waals surface area contributed by atoms with Crippen molar-refractivity contribution in [3.63, 3.8) is 0 Å². The molecule has 206 valence electrons. The number of rotatable bonds is 6. The lowest BCUT2D eigenvalue weighted by Gasteiger charge is -2.33. The maximum absolute atomic E-state index is 14.0. The first kappa shape index (κ1) is 27.6. The zero-order valence-corrected chi connectivity index (χ0v) is 23.3. The monoisotopic (exact) mass is 679 g/mol. The highest BCUT2D eigenvalue weighted by Crippen LogP contribution is 2.44. The third-order valence-corrected chi connectivity index (χ3v) is 7.16. The van der Waals surface area contributed by atoms with Crippen molar-refractivity contribution in [1.29, 1.82) is 0 Å². The third-order valence-electron chi connectivity index (χ3n) is 6.10. The zero-order valence-electron chi connectivity index (χ0n) is 20.2. The molecule has 0 bridgehead atoms. The predicted octanol–water partition coefficient (Wildman–Crippen LogP) is 8.02. The topological polar surface area (TPSA) is 111 Å². The van der Waals surface area contributed by atoms with Gasteiger partial charge in [0.2, 0.25) is 0 Å². The lowest BCUT2D eigenvalue weighted by Crippen LogP contribution is -2.35. The van der Waals surface area contributed by atoms with Crippen molar-refractivity contribution >= 4 is 55.0 Å². The highest BCUT2D eigenvalue weighted by atomic mass is 79.9. The summed E-state index contributed by atoms with van der Waals surface area (Å²) in [5.74, 6) is -0.357. The average molecular weight is 681 g/mol. The zero-order chi connectivity index (χ0) is 28.6. The molecule has 1 aromatic heterocycles. The molecule has 0 saturated carbocycles. The third kappa shape index (κ3) is 6.12. The van der Waals surface area contributed by atoms with Crippen LogP contribution >= 0.6 is 31.9 Å². The quantitative estimate of drug-likeness (QED) is 0.158. The Morgan fingerprint density at radius 3 is 2.30 bits per heavy atom. The fourth-order valence-corrected chi connectivity index (χ4v) is 4.78. The Bertz CT molecular complexity index is 1580. The standard InChI is InChI=1S/C26H18Br2F3N5O4/c27-15-3-1-14(2-4-15)21-12-23(26(29,30)31)35-24(33-21)13-22(34-35)25(37)32-17-9-18(36(38)39)11-20(10-17)40-19-7-5-16(28)6-8-19/h1-11,13,21,23,33H,12H2,(H,32,37)/t21-,23+/m1/s1. The predicted molar refractivity (Wildman–Crippen MR) is 148 cm³/mol. The summed E-state index contributed by atoms with van der Waals surface area (Å²) < 4.78 is 50.1. The van der Waals surface area contributed by atoms with Gasteiger partial charge in [-0.15, -0.1) is 0 Å². The summed E-state index contributed by atoms with van der Waals surface area (Å²) in [5.41, 5.74) is -0.00330. The van der Waals surface area contributed by atoms with Crippen LogP contribution in [0, 0.1) is 10.1 Å². The number of nitro benzene ring substituents is 1. The van der Waals surface area contributed by atoms with E-state index in [9.17, 15) is 28.1 Å². The number of nitro groups is 1. The summed E-state index contributed by atoms with van der Waals surface area (Å²) in [6.45, 7) is 0. The second kappa shape index (κ2) is 10.9. The van der Waals surface area contributed by atoms with E-state index in [2.05, 4.69) is 47.6 Å². The van der Waals surface area contributed by atoms with Gasteiger partial charge >= 0.3 is 6.18 Å². The summed E-state index contributed by atoms with van der Waals surface area (Å²) in [6, 6.07) is 15.9. The number of alkyl halides is 3. The van der Waals surface area contributed by atoms with Crippen molar-refractivity contribution in [3.05, 3.63) is 103 Å². The molecule has 1 amide bonds. The Morgan fingerprint density at radius 1 is 1.02 bits per heavy atom. The molecule has 0 spiro atoms. The summed E-state index contributed by atoms with van der Waals surface area (Å²) >= 11 is 6.62. The van der Waals surface area contributed by atoms with Crippen LogP contribution in [-0.4, -0.2) is 26.8 Å². The van der Waals surface area contributed by atoms with Gasteiger partial charge in [-0.1, -0.05) is 44.0 Å². The molecule has 0 fully saturated rings. The van der Waals surface area contributed by atoms with Gasteiger partial charge in [0, 0.05) is 33.6 Å². The van der Waals surface area contributed by atoms with Crippen LogP contribution in [0.3, 0.4) is 0 Å². The molecule has 40 heavy (non-hydrogen) atoms. The van der Waals surface area contributed by atoms with E-state index in [0.29, 0.717) is 11.3 Å². The first-order valence-corrected chi connectivity index (χ1v) is 13.3. The Labute approximate surface area is 241 Å². The minimum Gasteiger partial charge on any atom is -0.457 e. The van der Waals surface area contributed by atoms with Crippen LogP contribution in [0.5, 0.6) is 11.5 Å². The van der Waals surface area contributed by atoms with Gasteiger partial charge in [0.1, 0.15) is 17.3 Å². The number of ether oxygens (including phenoxy) is 1. The number of amides is 1. The van der Waals surface area contributed by atoms with Gasteiger partial charge in [-0.3, -0.25) is 14.9 Å². The van der Waals surface area contributed by atoms with E-state index in [1.807, 2.05) is 0 Å². The minimum absolute atomic E-state index is 0.00496. The molecular weight excluding hydrogens is 663 g/mol. The highest BCUT2D eigenvalue weighted by molar-refractivity contribution is 9.10. The molecular formula is C26H18Br2F3N5O4. The number of non-ortho nitro benzene ring substituents is 1. The SMILES string of the molecule is O=C(Nc1cc(Oc2ccc(Br)cc2)cc([N+](=O)[O-])c1)c1cc2n(n1)[C@H](C(F)(F)F)C[C@H](c1ccc(Br)cc1)N2. The summed E-state index contributed by atoms with van der Waals surface area (Å²) in [7, 11) is 0. The number of halogens is 5. The molecule has 1 aliphatic rings. The fraction of sp³-hybridized carbons (Fsp3) is 0.154. The number of anilines is 2. The van der Waals surface area contributed by atoms with Crippen LogP contribution in [0.1, 0.15) is 34.6 Å². The Balaban J connectivity index is 1.42. The number of carbonyl (C=O) groups excluding carboxylic acids is 1. The van der Waals surface area contributed by atoms with Crippen LogP contribution in [-0.2, 0) is 0 Å². The smallest absolute Gasteiger partial charge is 0.410 e. The van der Waals surface area contributed by atoms with Crippen LogP contribution in [0.25, 0.3) is 0 Å². The molecule has 3 aromatic carbocycles. The molecule has 2 N–H and O–H groups in total. The molecule has 0 saturated heterocycles. The van der Waals surface area contributed by atoms with Gasteiger partial charge in [0.05, 0.1) is 22.7 Å². The van der Waals surface area contributed by atoms with Gasteiger partial charge < -0.3 is 15.4 Å². The highest BCUT2D eigenvalue weighted by Gasteiger charge is 2.46. The van der Waals surface area contributed by atoms with E-state index in [4.69, 9.17) is 4.74 Å². The Morgan fingerprint density at radius 2 is 1.68 bits per heavy atom. The Hall–Kier alpha value is -3.91. The van der Waals surface area contributed by atoms with Crippen molar-refractivity contribution < 1.29 is 27.6 Å². The van der Waals surface area contributed by atoms with E-state index in [1.165, 1.54) is 18.2 Å². The van der Waals surface area contributed by atoms with Crippen molar-refractivity contribution in [3.8, 4) is 11.5 Å². The van der Waals surface area contributed by atoms with Crippen LogP contribution in [0.15, 0.2) is 81.7 Å². The van der Waals surface area contributed by atoms with Gasteiger partial charge in [-0.05, 0) is 42.0 Å². The molecule has 14 heteroatoms. The Kier molecular flexibility index (Phi) is 7.55. The van der Waals surface area contributed by atoms with E-state index >= 15 is 0 Å². The number of aromatic nitrogens is 2. The van der Waals surface area contributed by atoms with Crippen molar-refractivity contribution in [2.45, 2.75) is 24.7 Å². The lowest BCUT2D eigenvalue weighted by molar-refractivity contribution is -0.384. The molecule has 0 radical (unpaired) electrons. The van der Waals surface area contributed by atoms with Crippen LogP contribution in [0.2, 0.25) is 0 Å².